The lowest BCUT2D eigenvalue weighted by molar-refractivity contribution is -0.115. The zero-order valence-electron chi connectivity index (χ0n) is 15.3. The highest BCUT2D eigenvalue weighted by Crippen LogP contribution is 2.28. The molecule has 7 nitrogen and oxygen atoms in total. The maximum absolute atomic E-state index is 12.2. The van der Waals surface area contributed by atoms with Gasteiger partial charge >= 0.3 is 0 Å². The van der Waals surface area contributed by atoms with Crippen molar-refractivity contribution in [3.63, 3.8) is 0 Å². The summed E-state index contributed by atoms with van der Waals surface area (Å²) in [5, 5.41) is 10.6. The Balaban J connectivity index is 1.41. The zero-order valence-corrected chi connectivity index (χ0v) is 15.3. The number of carbonyl (C=O) groups is 1. The van der Waals surface area contributed by atoms with E-state index in [9.17, 15) is 4.79 Å². The number of aromatic amines is 1. The highest BCUT2D eigenvalue weighted by atomic mass is 16.5. The molecule has 4 aromatic rings. The largest absolute Gasteiger partial charge is 0.457 e. The van der Waals surface area contributed by atoms with Gasteiger partial charge in [-0.05, 0) is 36.2 Å². The van der Waals surface area contributed by atoms with Crippen molar-refractivity contribution in [1.29, 1.82) is 0 Å². The molecule has 28 heavy (non-hydrogen) atoms. The molecular weight excluding hydrogens is 354 g/mol. The second-order valence-corrected chi connectivity index (χ2v) is 6.30. The predicted molar refractivity (Wildman–Crippen MR) is 106 cm³/mol. The Labute approximate surface area is 161 Å². The lowest BCUT2D eigenvalue weighted by atomic mass is 10.1. The topological polar surface area (TPSA) is 92.8 Å². The molecule has 0 saturated heterocycles. The molecule has 0 fully saturated rings. The fourth-order valence-electron chi connectivity index (χ4n) is 2.84. The summed E-state index contributed by atoms with van der Waals surface area (Å²) in [6.45, 7) is 2.02. The van der Waals surface area contributed by atoms with E-state index in [1.54, 1.807) is 24.7 Å². The standard InChI is InChI=1S/C21H19N5O2/c1-2-15-12-20(26-25-15)24-21(27)11-14-3-5-16(6-4-14)28-19-8-10-23-18-7-9-22-13-17(18)19/h3-10,12-13H,2,11H2,1H3,(H2,24,25,26,27). The summed E-state index contributed by atoms with van der Waals surface area (Å²) >= 11 is 0. The number of ether oxygens (including phenoxy) is 1. The number of anilines is 1. The molecule has 3 heterocycles. The minimum Gasteiger partial charge on any atom is -0.457 e. The van der Waals surface area contributed by atoms with Gasteiger partial charge in [-0.3, -0.25) is 19.9 Å². The van der Waals surface area contributed by atoms with Crippen molar-refractivity contribution in [2.75, 3.05) is 5.32 Å². The molecule has 140 valence electrons. The Kier molecular flexibility index (Phi) is 4.97. The van der Waals surface area contributed by atoms with E-state index in [1.807, 2.05) is 43.3 Å². The van der Waals surface area contributed by atoms with Crippen molar-refractivity contribution in [3.8, 4) is 11.5 Å². The van der Waals surface area contributed by atoms with E-state index in [0.29, 0.717) is 17.3 Å². The third-order valence-corrected chi connectivity index (χ3v) is 4.30. The molecule has 0 aliphatic carbocycles. The van der Waals surface area contributed by atoms with E-state index in [1.165, 1.54) is 0 Å². The molecule has 7 heteroatoms. The lowest BCUT2D eigenvalue weighted by Gasteiger charge is -2.09. The summed E-state index contributed by atoms with van der Waals surface area (Å²) in [7, 11) is 0. The number of hydrogen-bond acceptors (Lipinski definition) is 5. The molecule has 1 amide bonds. The first-order chi connectivity index (χ1) is 13.7. The van der Waals surface area contributed by atoms with Crippen LogP contribution in [0.2, 0.25) is 0 Å². The summed E-state index contributed by atoms with van der Waals surface area (Å²) < 4.78 is 5.97. The number of pyridine rings is 2. The van der Waals surface area contributed by atoms with Crippen molar-refractivity contribution in [2.45, 2.75) is 19.8 Å². The maximum Gasteiger partial charge on any atom is 0.229 e. The number of rotatable bonds is 6. The van der Waals surface area contributed by atoms with Gasteiger partial charge in [-0.1, -0.05) is 19.1 Å². The van der Waals surface area contributed by atoms with Crippen LogP contribution in [0.25, 0.3) is 10.9 Å². The number of benzene rings is 1. The van der Waals surface area contributed by atoms with E-state index in [4.69, 9.17) is 4.74 Å². The monoisotopic (exact) mass is 373 g/mol. The Morgan fingerprint density at radius 1 is 1.14 bits per heavy atom. The van der Waals surface area contributed by atoms with Crippen LogP contribution in [0.4, 0.5) is 5.82 Å². The van der Waals surface area contributed by atoms with Gasteiger partial charge in [-0.15, -0.1) is 0 Å². The first-order valence-electron chi connectivity index (χ1n) is 9.01. The zero-order chi connectivity index (χ0) is 19.3. The van der Waals surface area contributed by atoms with E-state index < -0.39 is 0 Å². The van der Waals surface area contributed by atoms with Crippen molar-refractivity contribution < 1.29 is 9.53 Å². The van der Waals surface area contributed by atoms with Gasteiger partial charge in [-0.25, -0.2) is 0 Å². The number of carbonyl (C=O) groups excluding carboxylic acids is 1. The van der Waals surface area contributed by atoms with Crippen molar-refractivity contribution in [3.05, 3.63) is 72.3 Å². The van der Waals surface area contributed by atoms with Gasteiger partial charge in [0.1, 0.15) is 11.5 Å². The molecule has 0 aliphatic rings. The fraction of sp³-hybridized carbons (Fsp3) is 0.143. The van der Waals surface area contributed by atoms with Crippen LogP contribution in [0.5, 0.6) is 11.5 Å². The normalized spacial score (nSPS) is 10.8. The number of aromatic nitrogens is 4. The minimum absolute atomic E-state index is 0.117. The van der Waals surface area contributed by atoms with Crippen molar-refractivity contribution in [2.24, 2.45) is 0 Å². The number of nitrogens with zero attached hydrogens (tertiary/aromatic N) is 3. The van der Waals surface area contributed by atoms with Crippen molar-refractivity contribution >= 4 is 22.6 Å². The average molecular weight is 373 g/mol. The van der Waals surface area contributed by atoms with Gasteiger partial charge in [0.05, 0.1) is 17.3 Å². The molecule has 0 atom stereocenters. The first kappa shape index (κ1) is 17.7. The number of fused-ring (bicyclic) bond motifs is 1. The minimum atomic E-state index is -0.117. The van der Waals surface area contributed by atoms with Crippen LogP contribution in [-0.2, 0) is 17.6 Å². The van der Waals surface area contributed by atoms with E-state index in [2.05, 4.69) is 25.5 Å². The molecule has 3 aromatic heterocycles. The van der Waals surface area contributed by atoms with Crippen LogP contribution >= 0.6 is 0 Å². The number of nitrogens with one attached hydrogen (secondary N) is 2. The van der Waals surface area contributed by atoms with E-state index >= 15 is 0 Å². The average Bonchev–Trinajstić information content (AvgIpc) is 3.17. The smallest absolute Gasteiger partial charge is 0.229 e. The number of amides is 1. The Morgan fingerprint density at radius 3 is 2.79 bits per heavy atom. The molecule has 0 spiro atoms. The Bertz CT molecular complexity index is 1100. The van der Waals surface area contributed by atoms with Gasteiger partial charge < -0.3 is 10.1 Å². The van der Waals surface area contributed by atoms with Gasteiger partial charge in [-0.2, -0.15) is 5.10 Å². The third kappa shape index (κ3) is 3.98. The molecule has 1 aromatic carbocycles. The van der Waals surface area contributed by atoms with Crippen LogP contribution in [0.3, 0.4) is 0 Å². The number of H-pyrrole nitrogens is 1. The predicted octanol–water partition coefficient (Wildman–Crippen LogP) is 3.89. The van der Waals surface area contributed by atoms with Crippen LogP contribution < -0.4 is 10.1 Å². The van der Waals surface area contributed by atoms with Gasteiger partial charge in [0.2, 0.25) is 5.91 Å². The van der Waals surface area contributed by atoms with Gasteiger partial charge in [0, 0.05) is 30.4 Å². The second kappa shape index (κ2) is 7.87. The summed E-state index contributed by atoms with van der Waals surface area (Å²) in [6, 6.07) is 12.9. The quantitative estimate of drug-likeness (QED) is 0.535. The van der Waals surface area contributed by atoms with Crippen LogP contribution in [0.15, 0.2) is 61.1 Å². The molecular formula is C21H19N5O2. The van der Waals surface area contributed by atoms with Gasteiger partial charge in [0.25, 0.3) is 0 Å². The molecule has 0 aliphatic heterocycles. The SMILES string of the molecule is CCc1cc(NC(=O)Cc2ccc(Oc3ccnc4ccncc34)cc2)n[nH]1. The molecule has 0 saturated carbocycles. The maximum atomic E-state index is 12.2. The van der Waals surface area contributed by atoms with Crippen LogP contribution in [0, 0.1) is 0 Å². The van der Waals surface area contributed by atoms with Crippen molar-refractivity contribution in [1.82, 2.24) is 20.2 Å². The summed E-state index contributed by atoms with van der Waals surface area (Å²) in [5.41, 5.74) is 2.69. The molecule has 0 bridgehead atoms. The molecule has 2 N–H and O–H groups in total. The number of hydrogen-bond donors (Lipinski definition) is 2. The highest BCUT2D eigenvalue weighted by Gasteiger charge is 2.08. The number of aryl methyl sites for hydroxylation is 1. The Hall–Kier alpha value is -3.74. The summed E-state index contributed by atoms with van der Waals surface area (Å²) in [6.07, 6.45) is 6.24. The molecule has 0 radical (unpaired) electrons. The third-order valence-electron chi connectivity index (χ3n) is 4.30. The summed E-state index contributed by atoms with van der Waals surface area (Å²) in [4.78, 5) is 20.6. The molecule has 0 unspecified atom stereocenters. The van der Waals surface area contributed by atoms with Crippen LogP contribution in [-0.4, -0.2) is 26.1 Å². The lowest BCUT2D eigenvalue weighted by Crippen LogP contribution is -2.14. The van der Waals surface area contributed by atoms with E-state index in [0.717, 1.165) is 28.6 Å². The molecule has 4 rings (SSSR count). The van der Waals surface area contributed by atoms with E-state index in [-0.39, 0.29) is 12.3 Å². The van der Waals surface area contributed by atoms with Crippen LogP contribution in [0.1, 0.15) is 18.2 Å². The van der Waals surface area contributed by atoms with Gasteiger partial charge in [0.15, 0.2) is 5.82 Å². The Morgan fingerprint density at radius 2 is 2.00 bits per heavy atom. The second-order valence-electron chi connectivity index (χ2n) is 6.30. The first-order valence-corrected chi connectivity index (χ1v) is 9.01. The fourth-order valence-corrected chi connectivity index (χ4v) is 2.84. The highest BCUT2D eigenvalue weighted by molar-refractivity contribution is 5.91. The summed E-state index contributed by atoms with van der Waals surface area (Å²) in [5.74, 6) is 1.79.